The Morgan fingerprint density at radius 3 is 2.72 bits per heavy atom. The minimum atomic E-state index is -0.281. The summed E-state index contributed by atoms with van der Waals surface area (Å²) in [5.41, 5.74) is 3.92. The topological polar surface area (TPSA) is 74.3 Å². The fourth-order valence-corrected chi connectivity index (χ4v) is 4.15. The highest BCUT2D eigenvalue weighted by Gasteiger charge is 2.17. The molecule has 0 aliphatic rings. The number of hydrogen-bond donors (Lipinski definition) is 0. The van der Waals surface area contributed by atoms with E-state index in [1.807, 2.05) is 30.8 Å². The van der Waals surface area contributed by atoms with Gasteiger partial charge in [-0.05, 0) is 51.5 Å². The van der Waals surface area contributed by atoms with Crippen LogP contribution >= 0.6 is 11.3 Å². The molecule has 4 aromatic heterocycles. The third-order valence-electron chi connectivity index (χ3n) is 4.75. The van der Waals surface area contributed by atoms with Crippen LogP contribution < -0.4 is 0 Å². The summed E-state index contributed by atoms with van der Waals surface area (Å²) in [5, 5.41) is 19.5. The van der Waals surface area contributed by atoms with Crippen LogP contribution in [0.3, 0.4) is 0 Å². The van der Waals surface area contributed by atoms with Crippen LogP contribution in [-0.2, 0) is 13.0 Å². The normalized spacial score (nSPS) is 12.4. The standard InChI is InChI=1S/C20H22FN7S/c1-12-5-7-22-17(19(12)21)11-27-8-6-16(26-27)10-18-23-24-20(29-18)15(4)28-14(3)9-13(2)25-28/h5-9,15H,10-11H2,1-4H3. The van der Waals surface area contributed by atoms with E-state index in [1.165, 1.54) is 0 Å². The van der Waals surface area contributed by atoms with Crippen molar-refractivity contribution in [1.82, 2.24) is 34.7 Å². The lowest BCUT2D eigenvalue weighted by Gasteiger charge is -2.10. The van der Waals surface area contributed by atoms with Crippen molar-refractivity contribution in [2.45, 2.75) is 46.7 Å². The number of rotatable bonds is 6. The maximum atomic E-state index is 14.2. The molecule has 0 bridgehead atoms. The monoisotopic (exact) mass is 411 g/mol. The van der Waals surface area contributed by atoms with E-state index in [0.29, 0.717) is 24.2 Å². The Morgan fingerprint density at radius 1 is 1.14 bits per heavy atom. The first-order valence-corrected chi connectivity index (χ1v) is 10.2. The Hall–Kier alpha value is -2.94. The van der Waals surface area contributed by atoms with Gasteiger partial charge in [-0.2, -0.15) is 10.2 Å². The first-order chi connectivity index (χ1) is 13.9. The molecule has 1 unspecified atom stereocenters. The summed E-state index contributed by atoms with van der Waals surface area (Å²) in [4.78, 5) is 4.12. The zero-order valence-corrected chi connectivity index (χ0v) is 17.6. The van der Waals surface area contributed by atoms with E-state index in [9.17, 15) is 4.39 Å². The number of pyridine rings is 1. The molecule has 0 spiro atoms. The molecule has 0 fully saturated rings. The van der Waals surface area contributed by atoms with Crippen LogP contribution in [0.5, 0.6) is 0 Å². The Kier molecular flexibility index (Phi) is 5.23. The highest BCUT2D eigenvalue weighted by molar-refractivity contribution is 7.11. The summed E-state index contributed by atoms with van der Waals surface area (Å²) in [6.45, 7) is 8.12. The van der Waals surface area contributed by atoms with Gasteiger partial charge in [0.2, 0.25) is 0 Å². The Bertz CT molecular complexity index is 1140. The van der Waals surface area contributed by atoms with E-state index in [1.54, 1.807) is 35.2 Å². The maximum absolute atomic E-state index is 14.2. The predicted molar refractivity (Wildman–Crippen MR) is 108 cm³/mol. The van der Waals surface area contributed by atoms with Crippen LogP contribution in [0.1, 0.15) is 51.3 Å². The molecule has 1 atom stereocenters. The van der Waals surface area contributed by atoms with Crippen LogP contribution in [0.25, 0.3) is 0 Å². The molecule has 0 aromatic carbocycles. The molecule has 0 aliphatic heterocycles. The van der Waals surface area contributed by atoms with Gasteiger partial charge in [0.1, 0.15) is 21.9 Å². The van der Waals surface area contributed by atoms with Crippen LogP contribution in [0.4, 0.5) is 4.39 Å². The third-order valence-corrected chi connectivity index (χ3v) is 5.84. The average molecular weight is 412 g/mol. The lowest BCUT2D eigenvalue weighted by Crippen LogP contribution is -2.10. The van der Waals surface area contributed by atoms with E-state index >= 15 is 0 Å². The van der Waals surface area contributed by atoms with Crippen molar-refractivity contribution < 1.29 is 4.39 Å². The lowest BCUT2D eigenvalue weighted by molar-refractivity contribution is 0.540. The second kappa shape index (κ2) is 7.82. The summed E-state index contributed by atoms with van der Waals surface area (Å²) in [5.74, 6) is -0.281. The molecule has 29 heavy (non-hydrogen) atoms. The molecular weight excluding hydrogens is 389 g/mol. The van der Waals surface area contributed by atoms with Crippen LogP contribution in [0.2, 0.25) is 0 Å². The number of nitrogens with zero attached hydrogens (tertiary/aromatic N) is 7. The highest BCUT2D eigenvalue weighted by atomic mass is 32.1. The predicted octanol–water partition coefficient (Wildman–Crippen LogP) is 3.64. The highest BCUT2D eigenvalue weighted by Crippen LogP contribution is 2.24. The Morgan fingerprint density at radius 2 is 1.97 bits per heavy atom. The quantitative estimate of drug-likeness (QED) is 0.484. The second-order valence-electron chi connectivity index (χ2n) is 7.15. The first kappa shape index (κ1) is 19.4. The molecule has 150 valence electrons. The van der Waals surface area contributed by atoms with Gasteiger partial charge in [-0.25, -0.2) is 4.39 Å². The summed E-state index contributed by atoms with van der Waals surface area (Å²) >= 11 is 1.56. The fraction of sp³-hybridized carbons (Fsp3) is 0.350. The molecule has 4 rings (SSSR count). The summed E-state index contributed by atoms with van der Waals surface area (Å²) in [7, 11) is 0. The number of halogens is 1. The van der Waals surface area contributed by atoms with Crippen LogP contribution in [0.15, 0.2) is 30.6 Å². The number of aromatic nitrogens is 7. The molecule has 0 radical (unpaired) electrons. The minimum absolute atomic E-state index is 0.0304. The summed E-state index contributed by atoms with van der Waals surface area (Å²) in [6.07, 6.45) is 4.03. The van der Waals surface area contributed by atoms with Crippen LogP contribution in [-0.4, -0.2) is 34.7 Å². The van der Waals surface area contributed by atoms with Gasteiger partial charge in [0.25, 0.3) is 0 Å². The molecule has 0 N–H and O–H groups in total. The smallest absolute Gasteiger partial charge is 0.149 e. The lowest BCUT2D eigenvalue weighted by atomic mass is 10.2. The van der Waals surface area contributed by atoms with Crippen molar-refractivity contribution in [3.05, 3.63) is 74.8 Å². The average Bonchev–Trinajstić information content (AvgIpc) is 3.40. The van der Waals surface area contributed by atoms with E-state index < -0.39 is 0 Å². The molecule has 0 aliphatic carbocycles. The van der Waals surface area contributed by atoms with Gasteiger partial charge >= 0.3 is 0 Å². The van der Waals surface area contributed by atoms with Gasteiger partial charge in [0.05, 0.1) is 23.6 Å². The van der Waals surface area contributed by atoms with Gasteiger partial charge in [-0.15, -0.1) is 10.2 Å². The van der Waals surface area contributed by atoms with Gasteiger partial charge in [0.15, 0.2) is 0 Å². The summed E-state index contributed by atoms with van der Waals surface area (Å²) in [6, 6.07) is 5.66. The molecule has 7 nitrogen and oxygen atoms in total. The SMILES string of the molecule is Cc1cc(C)n(C(C)c2nnc(Cc3ccn(Cc4nccc(C)c4F)n3)s2)n1. The fourth-order valence-electron chi connectivity index (χ4n) is 3.25. The maximum Gasteiger partial charge on any atom is 0.149 e. The van der Waals surface area contributed by atoms with Gasteiger partial charge < -0.3 is 0 Å². The van der Waals surface area contributed by atoms with Crippen molar-refractivity contribution in [2.24, 2.45) is 0 Å². The molecule has 0 amide bonds. The van der Waals surface area contributed by atoms with Crippen molar-refractivity contribution in [3.8, 4) is 0 Å². The molecule has 0 saturated carbocycles. The molecule has 4 aromatic rings. The zero-order chi connectivity index (χ0) is 20.5. The minimum Gasteiger partial charge on any atom is -0.266 e. The van der Waals surface area contributed by atoms with Crippen molar-refractivity contribution in [2.75, 3.05) is 0 Å². The second-order valence-corrected chi connectivity index (χ2v) is 8.25. The summed E-state index contributed by atoms with van der Waals surface area (Å²) < 4.78 is 17.8. The van der Waals surface area contributed by atoms with Gasteiger partial charge in [0, 0.05) is 24.5 Å². The number of hydrogen-bond acceptors (Lipinski definition) is 6. The van der Waals surface area contributed by atoms with Gasteiger partial charge in [-0.1, -0.05) is 11.3 Å². The largest absolute Gasteiger partial charge is 0.266 e. The van der Waals surface area contributed by atoms with Gasteiger partial charge in [-0.3, -0.25) is 14.3 Å². The van der Waals surface area contributed by atoms with Crippen molar-refractivity contribution >= 4 is 11.3 Å². The zero-order valence-electron chi connectivity index (χ0n) is 16.8. The molecule has 0 saturated heterocycles. The first-order valence-electron chi connectivity index (χ1n) is 9.38. The van der Waals surface area contributed by atoms with Crippen LogP contribution in [0, 0.1) is 26.6 Å². The van der Waals surface area contributed by atoms with Crippen molar-refractivity contribution in [3.63, 3.8) is 0 Å². The van der Waals surface area contributed by atoms with E-state index in [-0.39, 0.29) is 11.9 Å². The molecule has 9 heteroatoms. The number of aryl methyl sites for hydroxylation is 3. The van der Waals surface area contributed by atoms with Crippen molar-refractivity contribution in [1.29, 1.82) is 0 Å². The van der Waals surface area contributed by atoms with E-state index in [4.69, 9.17) is 0 Å². The third kappa shape index (κ3) is 4.09. The molecular formula is C20H22FN7S. The Labute approximate surface area is 172 Å². The molecule has 4 heterocycles. The Balaban J connectivity index is 1.46. The van der Waals surface area contributed by atoms with E-state index in [2.05, 4.69) is 38.4 Å². The van der Waals surface area contributed by atoms with E-state index in [0.717, 1.165) is 27.1 Å².